The number of nitrogens with one attached hydrogen (secondary N) is 1. The molecule has 1 aromatic rings. The third-order valence-electron chi connectivity index (χ3n) is 3.27. The van der Waals surface area contributed by atoms with E-state index < -0.39 is 11.7 Å². The van der Waals surface area contributed by atoms with Crippen LogP contribution in [-0.4, -0.2) is 25.8 Å². The lowest BCUT2D eigenvalue weighted by atomic mass is 10.00. The van der Waals surface area contributed by atoms with Crippen molar-refractivity contribution in [2.24, 2.45) is 0 Å². The van der Waals surface area contributed by atoms with Gasteiger partial charge in [-0.25, -0.2) is 0 Å². The van der Waals surface area contributed by atoms with Gasteiger partial charge in [0, 0.05) is 19.3 Å². The van der Waals surface area contributed by atoms with Crippen LogP contribution in [0.4, 0.5) is 13.2 Å². The highest BCUT2D eigenvalue weighted by Crippen LogP contribution is 2.29. The average molecular weight is 303 g/mol. The molecule has 1 atom stereocenters. The molecule has 120 valence electrons. The van der Waals surface area contributed by atoms with E-state index in [1.54, 1.807) is 6.07 Å². The predicted octanol–water partition coefficient (Wildman–Crippen LogP) is 4.04. The van der Waals surface area contributed by atoms with Gasteiger partial charge in [0.1, 0.15) is 0 Å². The Bertz CT molecular complexity index is 407. The molecule has 0 amide bonds. The van der Waals surface area contributed by atoms with Crippen molar-refractivity contribution in [2.75, 3.05) is 19.8 Å². The molecule has 5 heteroatoms. The van der Waals surface area contributed by atoms with Crippen LogP contribution in [0.25, 0.3) is 0 Å². The summed E-state index contributed by atoms with van der Waals surface area (Å²) in [6.07, 6.45) is -1.88. The molecule has 0 aliphatic heterocycles. The van der Waals surface area contributed by atoms with E-state index >= 15 is 0 Å². The minimum Gasteiger partial charge on any atom is -0.382 e. The standard InChI is InChI=1S/C16H24F3NO/c1-3-20-15(9-6-10-21-4-2)12-13-7-5-8-14(11-13)16(17,18)19/h5,7-8,11,15,20H,3-4,6,9-10,12H2,1-2H3. The summed E-state index contributed by atoms with van der Waals surface area (Å²) in [6.45, 7) is 6.14. The van der Waals surface area contributed by atoms with Gasteiger partial charge >= 0.3 is 6.18 Å². The van der Waals surface area contributed by atoms with E-state index in [0.29, 0.717) is 25.2 Å². The molecular formula is C16H24F3NO. The van der Waals surface area contributed by atoms with Crippen LogP contribution < -0.4 is 5.32 Å². The van der Waals surface area contributed by atoms with Gasteiger partial charge < -0.3 is 10.1 Å². The third-order valence-corrected chi connectivity index (χ3v) is 3.27. The topological polar surface area (TPSA) is 21.3 Å². The zero-order valence-corrected chi connectivity index (χ0v) is 12.7. The SMILES string of the molecule is CCNC(CCCOCC)Cc1cccc(C(F)(F)F)c1. The van der Waals surface area contributed by atoms with E-state index in [2.05, 4.69) is 5.32 Å². The summed E-state index contributed by atoms with van der Waals surface area (Å²) in [5, 5.41) is 3.33. The number of rotatable bonds is 9. The Morgan fingerprint density at radius 1 is 1.24 bits per heavy atom. The normalized spacial score (nSPS) is 13.4. The molecule has 0 aromatic heterocycles. The van der Waals surface area contributed by atoms with Crippen LogP contribution in [0.5, 0.6) is 0 Å². The van der Waals surface area contributed by atoms with Crippen LogP contribution in [0.2, 0.25) is 0 Å². The summed E-state index contributed by atoms with van der Waals surface area (Å²) in [5.74, 6) is 0. The monoisotopic (exact) mass is 303 g/mol. The smallest absolute Gasteiger partial charge is 0.382 e. The lowest BCUT2D eigenvalue weighted by molar-refractivity contribution is -0.137. The minimum absolute atomic E-state index is 0.180. The lowest BCUT2D eigenvalue weighted by Gasteiger charge is -2.18. The highest BCUT2D eigenvalue weighted by Gasteiger charge is 2.30. The summed E-state index contributed by atoms with van der Waals surface area (Å²) in [7, 11) is 0. The first kappa shape index (κ1) is 18.0. The highest BCUT2D eigenvalue weighted by molar-refractivity contribution is 5.26. The molecule has 2 nitrogen and oxygen atoms in total. The second kappa shape index (κ2) is 9.05. The maximum atomic E-state index is 12.7. The molecule has 1 N–H and O–H groups in total. The number of alkyl halides is 3. The molecule has 1 rings (SSSR count). The molecule has 0 radical (unpaired) electrons. The number of halogens is 3. The molecule has 1 unspecified atom stereocenters. The van der Waals surface area contributed by atoms with Gasteiger partial charge in [-0.2, -0.15) is 13.2 Å². The van der Waals surface area contributed by atoms with Crippen LogP contribution >= 0.6 is 0 Å². The van der Waals surface area contributed by atoms with E-state index in [4.69, 9.17) is 4.74 Å². The molecule has 21 heavy (non-hydrogen) atoms. The zero-order valence-electron chi connectivity index (χ0n) is 12.7. The van der Waals surface area contributed by atoms with Gasteiger partial charge in [0.15, 0.2) is 0 Å². The second-order valence-corrected chi connectivity index (χ2v) is 5.00. The van der Waals surface area contributed by atoms with Crippen LogP contribution in [0, 0.1) is 0 Å². The van der Waals surface area contributed by atoms with Crippen molar-refractivity contribution >= 4 is 0 Å². The first-order valence-electron chi connectivity index (χ1n) is 7.44. The maximum absolute atomic E-state index is 12.7. The molecule has 0 spiro atoms. The van der Waals surface area contributed by atoms with Crippen molar-refractivity contribution in [3.63, 3.8) is 0 Å². The van der Waals surface area contributed by atoms with E-state index in [9.17, 15) is 13.2 Å². The number of benzene rings is 1. The molecule has 0 aliphatic carbocycles. The Morgan fingerprint density at radius 2 is 2.00 bits per heavy atom. The summed E-state index contributed by atoms with van der Waals surface area (Å²) >= 11 is 0. The fourth-order valence-corrected chi connectivity index (χ4v) is 2.30. The van der Waals surface area contributed by atoms with Crippen LogP contribution in [-0.2, 0) is 17.3 Å². The number of likely N-dealkylation sites (N-methyl/N-ethyl adjacent to an activating group) is 1. The number of hydrogen-bond acceptors (Lipinski definition) is 2. The molecule has 0 fully saturated rings. The van der Waals surface area contributed by atoms with E-state index in [0.717, 1.165) is 25.5 Å². The van der Waals surface area contributed by atoms with Crippen molar-refractivity contribution in [1.82, 2.24) is 5.32 Å². The van der Waals surface area contributed by atoms with Gasteiger partial charge in [0.2, 0.25) is 0 Å². The summed E-state index contributed by atoms with van der Waals surface area (Å²) in [4.78, 5) is 0. The Balaban J connectivity index is 2.61. The van der Waals surface area contributed by atoms with Crippen LogP contribution in [0.3, 0.4) is 0 Å². The summed E-state index contributed by atoms with van der Waals surface area (Å²) < 4.78 is 43.4. The van der Waals surface area contributed by atoms with Crippen molar-refractivity contribution < 1.29 is 17.9 Å². The molecule has 0 aliphatic rings. The van der Waals surface area contributed by atoms with Gasteiger partial charge in [-0.05, 0) is 44.4 Å². The summed E-state index contributed by atoms with van der Waals surface area (Å²) in [6, 6.07) is 5.76. The highest BCUT2D eigenvalue weighted by atomic mass is 19.4. The van der Waals surface area contributed by atoms with E-state index in [-0.39, 0.29) is 6.04 Å². The molecule has 0 bridgehead atoms. The Morgan fingerprint density at radius 3 is 2.62 bits per heavy atom. The molecule has 0 saturated carbocycles. The van der Waals surface area contributed by atoms with Crippen molar-refractivity contribution in [3.05, 3.63) is 35.4 Å². The van der Waals surface area contributed by atoms with Gasteiger partial charge in [-0.1, -0.05) is 25.1 Å². The van der Waals surface area contributed by atoms with Gasteiger partial charge in [0.05, 0.1) is 5.56 Å². The van der Waals surface area contributed by atoms with Gasteiger partial charge in [-0.3, -0.25) is 0 Å². The van der Waals surface area contributed by atoms with Crippen molar-refractivity contribution in [2.45, 2.75) is 45.3 Å². The molecule has 0 saturated heterocycles. The van der Waals surface area contributed by atoms with Crippen molar-refractivity contribution in [3.8, 4) is 0 Å². The predicted molar refractivity (Wildman–Crippen MR) is 78.3 cm³/mol. The van der Waals surface area contributed by atoms with E-state index in [1.165, 1.54) is 12.1 Å². The quantitative estimate of drug-likeness (QED) is 0.695. The largest absolute Gasteiger partial charge is 0.416 e. The fourth-order valence-electron chi connectivity index (χ4n) is 2.30. The Labute approximate surface area is 124 Å². The maximum Gasteiger partial charge on any atom is 0.416 e. The van der Waals surface area contributed by atoms with Gasteiger partial charge in [0.25, 0.3) is 0 Å². The second-order valence-electron chi connectivity index (χ2n) is 5.00. The zero-order chi connectivity index (χ0) is 15.7. The lowest BCUT2D eigenvalue weighted by Crippen LogP contribution is -2.31. The van der Waals surface area contributed by atoms with Crippen LogP contribution in [0.1, 0.15) is 37.8 Å². The molecule has 0 heterocycles. The fraction of sp³-hybridized carbons (Fsp3) is 0.625. The third kappa shape index (κ3) is 6.96. The minimum atomic E-state index is -4.28. The van der Waals surface area contributed by atoms with Gasteiger partial charge in [-0.15, -0.1) is 0 Å². The Hall–Kier alpha value is -1.07. The number of hydrogen-bond donors (Lipinski definition) is 1. The Kier molecular flexibility index (Phi) is 7.75. The number of ether oxygens (including phenoxy) is 1. The van der Waals surface area contributed by atoms with E-state index in [1.807, 2.05) is 13.8 Å². The average Bonchev–Trinajstić information content (AvgIpc) is 2.43. The first-order valence-corrected chi connectivity index (χ1v) is 7.44. The molecular weight excluding hydrogens is 279 g/mol. The van der Waals surface area contributed by atoms with Crippen LogP contribution in [0.15, 0.2) is 24.3 Å². The molecule has 1 aromatic carbocycles. The first-order chi connectivity index (χ1) is 9.97. The van der Waals surface area contributed by atoms with Crippen molar-refractivity contribution in [1.29, 1.82) is 0 Å². The summed E-state index contributed by atoms with van der Waals surface area (Å²) in [5.41, 5.74) is 0.136.